The molecule has 32 heavy (non-hydrogen) atoms. The standard InChI is InChI=1S/C22H28N6O3S/c1-28-22(29)20-16(24-15-5-3-4-6-17(15)32(2,30)31)11-19(26-21(20)27-28)25-18-10-9-14(12-23-18)13-7-8-13/h3-6,9-10,12-13,16,19-21,24,26-27H,7-8,11H2,1-2H3,(H,23,25). The zero-order valence-corrected chi connectivity index (χ0v) is 18.9. The Hall–Kier alpha value is -2.69. The Bertz CT molecular complexity index is 1120. The van der Waals surface area contributed by atoms with E-state index in [2.05, 4.69) is 32.4 Å². The quantitative estimate of drug-likeness (QED) is 0.517. The van der Waals surface area contributed by atoms with Crippen LogP contribution in [-0.4, -0.2) is 56.0 Å². The first kappa shape index (κ1) is 21.2. The van der Waals surface area contributed by atoms with Crippen LogP contribution in [0.25, 0.3) is 0 Å². The van der Waals surface area contributed by atoms with Gasteiger partial charge in [-0.05, 0) is 42.5 Å². The van der Waals surface area contributed by atoms with Crippen LogP contribution in [0.1, 0.15) is 30.7 Å². The molecule has 9 nitrogen and oxygen atoms in total. The van der Waals surface area contributed by atoms with Crippen molar-refractivity contribution in [3.63, 3.8) is 0 Å². The van der Waals surface area contributed by atoms with Crippen LogP contribution in [0.2, 0.25) is 0 Å². The van der Waals surface area contributed by atoms with Crippen molar-refractivity contribution in [2.24, 2.45) is 5.92 Å². The third-order valence-electron chi connectivity index (χ3n) is 6.40. The lowest BCUT2D eigenvalue weighted by atomic mass is 9.88. The summed E-state index contributed by atoms with van der Waals surface area (Å²) in [4.78, 5) is 17.6. The number of carbonyl (C=O) groups excluding carboxylic acids is 1. The van der Waals surface area contributed by atoms with Crippen LogP contribution in [-0.2, 0) is 14.6 Å². The maximum Gasteiger partial charge on any atom is 0.244 e. The molecule has 2 aromatic rings. The minimum Gasteiger partial charge on any atom is -0.380 e. The van der Waals surface area contributed by atoms with E-state index < -0.39 is 9.84 Å². The van der Waals surface area contributed by atoms with Crippen LogP contribution in [0.5, 0.6) is 0 Å². The zero-order valence-electron chi connectivity index (χ0n) is 18.1. The number of hydrogen-bond donors (Lipinski definition) is 4. The van der Waals surface area contributed by atoms with Gasteiger partial charge in [-0.1, -0.05) is 18.2 Å². The number of sulfone groups is 1. The van der Waals surface area contributed by atoms with Crippen molar-refractivity contribution in [3.8, 4) is 0 Å². The lowest BCUT2D eigenvalue weighted by molar-refractivity contribution is -0.131. The number of hydrazine groups is 1. The van der Waals surface area contributed by atoms with Crippen molar-refractivity contribution in [2.75, 3.05) is 23.9 Å². The smallest absolute Gasteiger partial charge is 0.244 e. The molecule has 3 fully saturated rings. The van der Waals surface area contributed by atoms with Crippen LogP contribution >= 0.6 is 0 Å². The van der Waals surface area contributed by atoms with E-state index in [1.165, 1.54) is 29.7 Å². The van der Waals surface area contributed by atoms with Gasteiger partial charge in [0, 0.05) is 32.0 Å². The predicted molar refractivity (Wildman–Crippen MR) is 122 cm³/mol. The van der Waals surface area contributed by atoms with E-state index in [0.717, 1.165) is 5.82 Å². The average Bonchev–Trinajstić information content (AvgIpc) is 3.55. The molecular formula is C22H28N6O3S. The summed E-state index contributed by atoms with van der Waals surface area (Å²) in [5.74, 6) is 0.995. The molecule has 2 aliphatic heterocycles. The molecule has 4 N–H and O–H groups in total. The minimum absolute atomic E-state index is 0.0396. The summed E-state index contributed by atoms with van der Waals surface area (Å²) in [5, 5.41) is 11.7. The molecule has 4 atom stereocenters. The number of aromatic nitrogens is 1. The fourth-order valence-corrected chi connectivity index (χ4v) is 5.49. The van der Waals surface area contributed by atoms with Crippen LogP contribution < -0.4 is 21.4 Å². The second-order valence-corrected chi connectivity index (χ2v) is 10.9. The highest BCUT2D eigenvalue weighted by Crippen LogP contribution is 2.39. The number of para-hydroxylation sites is 1. The number of nitrogens with zero attached hydrogens (tertiary/aromatic N) is 2. The Labute approximate surface area is 187 Å². The predicted octanol–water partition coefficient (Wildman–Crippen LogP) is 1.49. The van der Waals surface area contributed by atoms with E-state index in [1.807, 2.05) is 12.3 Å². The average molecular weight is 457 g/mol. The molecule has 10 heteroatoms. The molecule has 3 aliphatic rings. The molecule has 0 radical (unpaired) electrons. The molecular weight excluding hydrogens is 428 g/mol. The number of benzene rings is 1. The summed E-state index contributed by atoms with van der Waals surface area (Å²) in [6.07, 6.45) is 5.70. The van der Waals surface area contributed by atoms with Gasteiger partial charge in [0.05, 0.1) is 28.8 Å². The highest BCUT2D eigenvalue weighted by molar-refractivity contribution is 7.90. The molecule has 1 aromatic carbocycles. The molecule has 3 heterocycles. The van der Waals surface area contributed by atoms with E-state index in [-0.39, 0.29) is 35.1 Å². The van der Waals surface area contributed by atoms with Gasteiger partial charge in [-0.3, -0.25) is 15.1 Å². The van der Waals surface area contributed by atoms with Crippen molar-refractivity contribution >= 4 is 27.2 Å². The number of hydrogen-bond acceptors (Lipinski definition) is 8. The second-order valence-electron chi connectivity index (χ2n) is 8.90. The van der Waals surface area contributed by atoms with Gasteiger partial charge >= 0.3 is 0 Å². The fourth-order valence-electron chi connectivity index (χ4n) is 4.64. The number of amides is 1. The van der Waals surface area contributed by atoms with Gasteiger partial charge in [0.15, 0.2) is 9.84 Å². The van der Waals surface area contributed by atoms with Gasteiger partial charge in [0.25, 0.3) is 0 Å². The number of rotatable bonds is 6. The van der Waals surface area contributed by atoms with Crippen LogP contribution in [0.3, 0.4) is 0 Å². The van der Waals surface area contributed by atoms with Gasteiger partial charge < -0.3 is 10.6 Å². The van der Waals surface area contributed by atoms with Crippen molar-refractivity contribution in [3.05, 3.63) is 48.2 Å². The molecule has 0 spiro atoms. The number of nitrogens with one attached hydrogen (secondary N) is 4. The number of fused-ring (bicyclic) bond motifs is 1. The maximum absolute atomic E-state index is 12.8. The van der Waals surface area contributed by atoms with Crippen molar-refractivity contribution in [1.29, 1.82) is 0 Å². The fraction of sp³-hybridized carbons (Fsp3) is 0.455. The molecule has 1 saturated carbocycles. The van der Waals surface area contributed by atoms with E-state index in [9.17, 15) is 13.2 Å². The van der Waals surface area contributed by atoms with Gasteiger partial charge in [0.1, 0.15) is 5.82 Å². The van der Waals surface area contributed by atoms with E-state index in [1.54, 1.807) is 31.3 Å². The summed E-state index contributed by atoms with van der Waals surface area (Å²) in [6.45, 7) is 0. The molecule has 2 saturated heterocycles. The minimum atomic E-state index is -3.41. The van der Waals surface area contributed by atoms with E-state index in [4.69, 9.17) is 0 Å². The lowest BCUT2D eigenvalue weighted by Crippen LogP contribution is -2.61. The number of carbonyl (C=O) groups is 1. The van der Waals surface area contributed by atoms with Gasteiger partial charge in [-0.15, -0.1) is 0 Å². The first-order valence-corrected chi connectivity index (χ1v) is 12.8. The Morgan fingerprint density at radius 2 is 1.91 bits per heavy atom. The first-order valence-electron chi connectivity index (χ1n) is 10.9. The topological polar surface area (TPSA) is 115 Å². The van der Waals surface area contributed by atoms with E-state index >= 15 is 0 Å². The molecule has 0 bridgehead atoms. The highest BCUT2D eigenvalue weighted by atomic mass is 32.2. The molecule has 1 amide bonds. The molecule has 170 valence electrons. The van der Waals surface area contributed by atoms with Crippen LogP contribution in [0.4, 0.5) is 11.5 Å². The Morgan fingerprint density at radius 1 is 1.12 bits per heavy atom. The monoisotopic (exact) mass is 456 g/mol. The summed E-state index contributed by atoms with van der Waals surface area (Å²) in [5.41, 5.74) is 4.95. The third-order valence-corrected chi connectivity index (χ3v) is 7.55. The number of pyridine rings is 1. The number of anilines is 2. The van der Waals surface area contributed by atoms with Crippen LogP contribution in [0.15, 0.2) is 47.5 Å². The van der Waals surface area contributed by atoms with Crippen molar-refractivity contribution < 1.29 is 13.2 Å². The SMILES string of the molecule is CN1NC2NC(Nc3ccc(C4CC4)cn3)CC(Nc3ccccc3S(C)(=O)=O)C2C1=O. The Balaban J connectivity index is 1.38. The zero-order chi connectivity index (χ0) is 22.5. The first-order chi connectivity index (χ1) is 15.3. The largest absolute Gasteiger partial charge is 0.380 e. The second kappa shape index (κ2) is 8.02. The normalized spacial score (nSPS) is 27.8. The van der Waals surface area contributed by atoms with Gasteiger partial charge in [-0.2, -0.15) is 0 Å². The lowest BCUT2D eigenvalue weighted by Gasteiger charge is -2.39. The van der Waals surface area contributed by atoms with Crippen molar-refractivity contribution in [2.45, 2.75) is 48.4 Å². The summed E-state index contributed by atoms with van der Waals surface area (Å²) >= 11 is 0. The van der Waals surface area contributed by atoms with Crippen molar-refractivity contribution in [1.82, 2.24) is 20.7 Å². The molecule has 1 aliphatic carbocycles. The molecule has 1 aromatic heterocycles. The van der Waals surface area contributed by atoms with Gasteiger partial charge in [0.2, 0.25) is 5.91 Å². The maximum atomic E-state index is 12.8. The van der Waals surface area contributed by atoms with Crippen LogP contribution in [0, 0.1) is 5.92 Å². The highest BCUT2D eigenvalue weighted by Gasteiger charge is 2.48. The molecule has 5 rings (SSSR count). The van der Waals surface area contributed by atoms with E-state index in [0.29, 0.717) is 18.0 Å². The molecule has 4 unspecified atom stereocenters. The summed E-state index contributed by atoms with van der Waals surface area (Å²) in [7, 11) is -1.71. The van der Waals surface area contributed by atoms with Gasteiger partial charge in [-0.25, -0.2) is 18.8 Å². The number of piperidine rings is 1. The Kier molecular flexibility index (Phi) is 5.31. The summed E-state index contributed by atoms with van der Waals surface area (Å²) < 4.78 is 24.5. The third kappa shape index (κ3) is 4.17. The summed E-state index contributed by atoms with van der Waals surface area (Å²) in [6, 6.07) is 10.6. The Morgan fingerprint density at radius 3 is 2.59 bits per heavy atom.